The lowest BCUT2D eigenvalue weighted by Crippen LogP contribution is -2.49. The van der Waals surface area contributed by atoms with Gasteiger partial charge in [-0.05, 0) is 36.6 Å². The van der Waals surface area contributed by atoms with Crippen molar-refractivity contribution in [1.82, 2.24) is 9.80 Å². The van der Waals surface area contributed by atoms with Gasteiger partial charge in [0.25, 0.3) is 0 Å². The van der Waals surface area contributed by atoms with Crippen LogP contribution in [0, 0.1) is 6.92 Å². The van der Waals surface area contributed by atoms with Crippen LogP contribution in [0.5, 0.6) is 0 Å². The Morgan fingerprint density at radius 3 is 2.39 bits per heavy atom. The number of aryl methyl sites for hydroxylation is 1. The van der Waals surface area contributed by atoms with Gasteiger partial charge in [-0.1, -0.05) is 48.5 Å². The van der Waals surface area contributed by atoms with Gasteiger partial charge in [0.05, 0.1) is 0 Å². The van der Waals surface area contributed by atoms with Crippen molar-refractivity contribution >= 4 is 11.6 Å². The van der Waals surface area contributed by atoms with Crippen LogP contribution in [-0.2, 0) is 11.3 Å². The maximum atomic E-state index is 12.9. The molecule has 0 atom stereocenters. The molecule has 1 fully saturated rings. The summed E-state index contributed by atoms with van der Waals surface area (Å²) in [6.45, 7) is 8.31. The molecule has 2 aromatic rings. The van der Waals surface area contributed by atoms with Gasteiger partial charge >= 0.3 is 0 Å². The number of anilines is 1. The molecule has 0 aromatic heterocycles. The normalized spacial score (nSPS) is 18.1. The highest BCUT2D eigenvalue weighted by Crippen LogP contribution is 2.20. The van der Waals surface area contributed by atoms with Crippen LogP contribution >= 0.6 is 0 Å². The van der Waals surface area contributed by atoms with Crippen molar-refractivity contribution in [2.45, 2.75) is 19.9 Å². The Morgan fingerprint density at radius 1 is 0.929 bits per heavy atom. The molecule has 4 rings (SSSR count). The van der Waals surface area contributed by atoms with Crippen molar-refractivity contribution in [2.24, 2.45) is 0 Å². The third-order valence-corrected chi connectivity index (χ3v) is 5.75. The smallest absolute Gasteiger partial charge is 0.249 e. The molecule has 0 saturated carbocycles. The number of carbonyl (C=O) groups is 1. The zero-order chi connectivity index (χ0) is 19.3. The van der Waals surface area contributed by atoms with Crippen LogP contribution in [0.2, 0.25) is 0 Å². The zero-order valence-electron chi connectivity index (χ0n) is 16.7. The largest absolute Gasteiger partial charge is 0.368 e. The fourth-order valence-electron chi connectivity index (χ4n) is 4.09. The molecule has 0 N–H and O–H groups in total. The molecule has 2 aliphatic heterocycles. The Kier molecular flexibility index (Phi) is 5.77. The lowest BCUT2D eigenvalue weighted by Gasteiger charge is -2.37. The van der Waals surface area contributed by atoms with E-state index in [-0.39, 0.29) is 5.91 Å². The Labute approximate surface area is 168 Å². The highest BCUT2D eigenvalue weighted by Gasteiger charge is 2.25. The van der Waals surface area contributed by atoms with Crippen LogP contribution in [-0.4, -0.2) is 55.0 Å². The second-order valence-electron chi connectivity index (χ2n) is 7.82. The predicted octanol–water partition coefficient (Wildman–Crippen LogP) is 3.48. The van der Waals surface area contributed by atoms with E-state index in [0.29, 0.717) is 0 Å². The van der Waals surface area contributed by atoms with Gasteiger partial charge in [-0.2, -0.15) is 0 Å². The molecule has 0 aliphatic carbocycles. The van der Waals surface area contributed by atoms with Crippen LogP contribution in [0.1, 0.15) is 17.5 Å². The van der Waals surface area contributed by atoms with E-state index >= 15 is 0 Å². The number of amides is 1. The molecule has 0 spiro atoms. The Balaban J connectivity index is 1.29. The predicted molar refractivity (Wildman–Crippen MR) is 114 cm³/mol. The summed E-state index contributed by atoms with van der Waals surface area (Å²) in [6.07, 6.45) is 2.99. The van der Waals surface area contributed by atoms with Crippen molar-refractivity contribution in [3.05, 3.63) is 77.4 Å². The van der Waals surface area contributed by atoms with Crippen molar-refractivity contribution < 1.29 is 4.79 Å². The molecule has 2 heterocycles. The van der Waals surface area contributed by atoms with E-state index in [0.717, 1.165) is 57.8 Å². The van der Waals surface area contributed by atoms with E-state index in [2.05, 4.69) is 77.4 Å². The fourth-order valence-corrected chi connectivity index (χ4v) is 4.09. The average Bonchev–Trinajstić information content (AvgIpc) is 2.75. The number of piperazine rings is 1. The molecule has 2 aromatic carbocycles. The lowest BCUT2D eigenvalue weighted by molar-refractivity contribution is -0.127. The first-order chi connectivity index (χ1) is 13.7. The standard InChI is InChI=1S/C24H29N3O/c1-20-6-5-9-23(18-20)26-14-16-27(17-15-26)24(28)22-10-12-25(13-11-22)19-21-7-3-2-4-8-21/h2-10,18H,11-17,19H2,1H3. The molecule has 28 heavy (non-hydrogen) atoms. The van der Waals surface area contributed by atoms with Gasteiger partial charge in [-0.3, -0.25) is 9.69 Å². The first-order valence-corrected chi connectivity index (χ1v) is 10.3. The molecule has 0 bridgehead atoms. The maximum absolute atomic E-state index is 12.9. The Bertz CT molecular complexity index is 838. The van der Waals surface area contributed by atoms with Gasteiger partial charge in [0, 0.05) is 57.1 Å². The van der Waals surface area contributed by atoms with Crippen LogP contribution in [0.4, 0.5) is 5.69 Å². The van der Waals surface area contributed by atoms with Gasteiger partial charge in [0.2, 0.25) is 5.91 Å². The summed E-state index contributed by atoms with van der Waals surface area (Å²) in [6, 6.07) is 19.2. The summed E-state index contributed by atoms with van der Waals surface area (Å²) in [4.78, 5) is 19.8. The first-order valence-electron chi connectivity index (χ1n) is 10.3. The molecule has 1 amide bonds. The summed E-state index contributed by atoms with van der Waals surface area (Å²) < 4.78 is 0. The van der Waals surface area contributed by atoms with Gasteiger partial charge in [0.15, 0.2) is 0 Å². The van der Waals surface area contributed by atoms with Crippen molar-refractivity contribution in [1.29, 1.82) is 0 Å². The van der Waals surface area contributed by atoms with E-state index in [1.807, 2.05) is 4.90 Å². The van der Waals surface area contributed by atoms with Crippen LogP contribution in [0.3, 0.4) is 0 Å². The van der Waals surface area contributed by atoms with E-state index in [4.69, 9.17) is 0 Å². The second-order valence-corrected chi connectivity index (χ2v) is 7.82. The highest BCUT2D eigenvalue weighted by molar-refractivity contribution is 5.93. The molecule has 146 valence electrons. The average molecular weight is 376 g/mol. The summed E-state index contributed by atoms with van der Waals surface area (Å²) in [7, 11) is 0. The van der Waals surface area contributed by atoms with Gasteiger partial charge in [-0.25, -0.2) is 0 Å². The number of hydrogen-bond donors (Lipinski definition) is 0. The minimum atomic E-state index is 0.239. The number of rotatable bonds is 4. The topological polar surface area (TPSA) is 26.8 Å². The van der Waals surface area contributed by atoms with Gasteiger partial charge in [-0.15, -0.1) is 0 Å². The Hall–Kier alpha value is -2.59. The number of carbonyl (C=O) groups excluding carboxylic acids is 1. The fraction of sp³-hybridized carbons (Fsp3) is 0.375. The molecule has 0 radical (unpaired) electrons. The maximum Gasteiger partial charge on any atom is 0.249 e. The van der Waals surface area contributed by atoms with E-state index in [9.17, 15) is 4.79 Å². The molecular weight excluding hydrogens is 346 g/mol. The molecular formula is C24H29N3O. The van der Waals surface area contributed by atoms with Crippen LogP contribution in [0.25, 0.3) is 0 Å². The Morgan fingerprint density at radius 2 is 1.71 bits per heavy atom. The van der Waals surface area contributed by atoms with E-state index < -0.39 is 0 Å². The first kappa shape index (κ1) is 18.8. The van der Waals surface area contributed by atoms with Crippen LogP contribution < -0.4 is 4.90 Å². The SMILES string of the molecule is Cc1cccc(N2CCN(C(=O)C3=CCN(Cc4ccccc4)CC3)CC2)c1. The lowest BCUT2D eigenvalue weighted by atomic mass is 10.1. The summed E-state index contributed by atoms with van der Waals surface area (Å²) >= 11 is 0. The number of hydrogen-bond acceptors (Lipinski definition) is 3. The zero-order valence-corrected chi connectivity index (χ0v) is 16.7. The van der Waals surface area contributed by atoms with Gasteiger partial charge in [0.1, 0.15) is 0 Å². The highest BCUT2D eigenvalue weighted by atomic mass is 16.2. The van der Waals surface area contributed by atoms with Crippen molar-refractivity contribution in [3.63, 3.8) is 0 Å². The monoisotopic (exact) mass is 375 g/mol. The van der Waals surface area contributed by atoms with Crippen LogP contribution in [0.15, 0.2) is 66.2 Å². The number of benzene rings is 2. The van der Waals surface area contributed by atoms with E-state index in [1.165, 1.54) is 16.8 Å². The summed E-state index contributed by atoms with van der Waals surface area (Å²) in [5.41, 5.74) is 4.87. The quantitative estimate of drug-likeness (QED) is 0.819. The molecule has 4 heteroatoms. The molecule has 2 aliphatic rings. The summed E-state index contributed by atoms with van der Waals surface area (Å²) in [5, 5.41) is 0. The van der Waals surface area contributed by atoms with Crippen molar-refractivity contribution in [3.8, 4) is 0 Å². The molecule has 0 unspecified atom stereocenters. The van der Waals surface area contributed by atoms with Crippen molar-refractivity contribution in [2.75, 3.05) is 44.2 Å². The molecule has 1 saturated heterocycles. The third-order valence-electron chi connectivity index (χ3n) is 5.75. The van der Waals surface area contributed by atoms with Gasteiger partial charge < -0.3 is 9.80 Å². The second kappa shape index (κ2) is 8.61. The number of nitrogens with zero attached hydrogens (tertiary/aromatic N) is 3. The minimum absolute atomic E-state index is 0.239. The molecule has 4 nitrogen and oxygen atoms in total. The van der Waals surface area contributed by atoms with E-state index in [1.54, 1.807) is 0 Å². The summed E-state index contributed by atoms with van der Waals surface area (Å²) in [5.74, 6) is 0.239. The minimum Gasteiger partial charge on any atom is -0.368 e. The third kappa shape index (κ3) is 4.45.